The summed E-state index contributed by atoms with van der Waals surface area (Å²) in [5, 5.41) is 3.55. The maximum absolute atomic E-state index is 14.2. The van der Waals surface area contributed by atoms with E-state index in [0.29, 0.717) is 33.4 Å². The second-order valence-corrected chi connectivity index (χ2v) is 15.2. The number of benzene rings is 4. The van der Waals surface area contributed by atoms with Gasteiger partial charge in [0.15, 0.2) is 0 Å². The van der Waals surface area contributed by atoms with Crippen LogP contribution in [0.2, 0.25) is 15.1 Å². The second-order valence-electron chi connectivity index (χ2n) is 10.9. The third kappa shape index (κ3) is 7.93. The van der Waals surface area contributed by atoms with Crippen LogP contribution in [0, 0.1) is 6.92 Å². The zero-order chi connectivity index (χ0) is 34.6. The normalized spacial score (nSPS) is 15.5. The predicted molar refractivity (Wildman–Crippen MR) is 197 cm³/mol. The van der Waals surface area contributed by atoms with Crippen molar-refractivity contribution >= 4 is 97.0 Å². The highest BCUT2D eigenvalue weighted by Gasteiger charge is 2.42. The van der Waals surface area contributed by atoms with E-state index in [0.717, 1.165) is 23.7 Å². The van der Waals surface area contributed by atoms with Crippen molar-refractivity contribution in [2.75, 3.05) is 21.2 Å². The third-order valence-electron chi connectivity index (χ3n) is 7.24. The molecule has 1 atom stereocenters. The van der Waals surface area contributed by atoms with E-state index in [2.05, 4.69) is 10.7 Å². The summed E-state index contributed by atoms with van der Waals surface area (Å²) < 4.78 is 29.6. The lowest BCUT2D eigenvalue weighted by Gasteiger charge is -2.27. The molecule has 1 aliphatic heterocycles. The van der Waals surface area contributed by atoms with Gasteiger partial charge in [0.1, 0.15) is 16.8 Å². The lowest BCUT2D eigenvalue weighted by atomic mass is 10.2. The van der Waals surface area contributed by atoms with Gasteiger partial charge in [-0.2, -0.15) is 0 Å². The summed E-state index contributed by atoms with van der Waals surface area (Å²) in [6.45, 7) is 5.53. The van der Waals surface area contributed by atoms with Crippen LogP contribution in [0.5, 0.6) is 0 Å². The molecule has 2 N–H and O–H groups in total. The van der Waals surface area contributed by atoms with Crippen molar-refractivity contribution in [3.05, 3.63) is 106 Å². The molecule has 4 aromatic rings. The van der Waals surface area contributed by atoms with Gasteiger partial charge in [-0.15, -0.1) is 11.8 Å². The molecule has 0 aliphatic carbocycles. The number of nitrogens with one attached hydrogen (secondary N) is 2. The van der Waals surface area contributed by atoms with Gasteiger partial charge in [0.2, 0.25) is 5.91 Å². The first-order valence-electron chi connectivity index (χ1n) is 15.0. The highest BCUT2D eigenvalue weighted by atomic mass is 35.5. The second kappa shape index (κ2) is 15.2. The molecule has 5 rings (SSSR count). The molecule has 1 fully saturated rings. The minimum Gasteiger partial charge on any atom is -0.326 e. The Labute approximate surface area is 299 Å². The Morgan fingerprint density at radius 1 is 1.00 bits per heavy atom. The first-order valence-corrected chi connectivity index (χ1v) is 18.4. The van der Waals surface area contributed by atoms with E-state index in [1.165, 1.54) is 28.4 Å². The summed E-state index contributed by atoms with van der Waals surface area (Å²) in [5.74, 6) is -0.451. The van der Waals surface area contributed by atoms with Gasteiger partial charge in [0, 0.05) is 29.1 Å². The van der Waals surface area contributed by atoms with Gasteiger partial charge in [-0.05, 0) is 67.9 Å². The number of carbonyl (C=O) groups excluding carboxylic acids is 2. The number of anilines is 3. The number of hydrogen-bond acceptors (Lipinski definition) is 6. The zero-order valence-electron chi connectivity index (χ0n) is 26.2. The van der Waals surface area contributed by atoms with E-state index in [9.17, 15) is 18.0 Å². The number of aliphatic imine (C=N–C) groups is 1. The lowest BCUT2D eigenvalue weighted by molar-refractivity contribution is -0.116. The first-order chi connectivity index (χ1) is 22.9. The van der Waals surface area contributed by atoms with Crippen molar-refractivity contribution in [1.82, 2.24) is 5.43 Å². The minimum atomic E-state index is -3.96. The number of unbranched alkanes of at least 4 members (excludes halogenated alkanes) is 1. The van der Waals surface area contributed by atoms with Crippen LogP contribution in [0.1, 0.15) is 32.3 Å². The van der Waals surface area contributed by atoms with Gasteiger partial charge in [0.25, 0.3) is 15.9 Å². The number of amides is 2. The summed E-state index contributed by atoms with van der Waals surface area (Å²) >= 11 is 20.4. The van der Waals surface area contributed by atoms with Gasteiger partial charge in [-0.3, -0.25) is 19.3 Å². The monoisotopic (exact) mass is 743 g/mol. The number of hydrogen-bond donors (Lipinski definition) is 2. The quantitative estimate of drug-likeness (QED) is 0.159. The van der Waals surface area contributed by atoms with Crippen LogP contribution in [-0.4, -0.2) is 37.9 Å². The largest absolute Gasteiger partial charge is 0.326 e. The van der Waals surface area contributed by atoms with Crippen LogP contribution in [0.3, 0.4) is 0 Å². The molecular formula is C34H32Cl3N5O4S2. The SMILES string of the molecule is CCCCN(c1ccccc1SC1C(=O)N(c2c(Cl)cc(Cl)cc2Cl)NC1=Nc1cccc(NC(C)=O)c1)S(=O)(=O)c1ccc(C)cc1. The van der Waals surface area contributed by atoms with Gasteiger partial charge in [0.05, 0.1) is 26.3 Å². The number of nitrogens with zero attached hydrogens (tertiary/aromatic N) is 3. The van der Waals surface area contributed by atoms with Gasteiger partial charge < -0.3 is 5.32 Å². The Kier molecular flexibility index (Phi) is 11.3. The summed E-state index contributed by atoms with van der Waals surface area (Å²) in [4.78, 5) is 31.4. The number of aryl methyl sites for hydroxylation is 1. The number of sulfonamides is 1. The lowest BCUT2D eigenvalue weighted by Crippen LogP contribution is -2.36. The van der Waals surface area contributed by atoms with Crippen molar-refractivity contribution < 1.29 is 18.0 Å². The Morgan fingerprint density at radius 3 is 2.35 bits per heavy atom. The molecule has 48 heavy (non-hydrogen) atoms. The van der Waals surface area contributed by atoms with E-state index < -0.39 is 21.2 Å². The van der Waals surface area contributed by atoms with Crippen LogP contribution in [0.4, 0.5) is 22.7 Å². The molecule has 1 saturated heterocycles. The number of hydrazine groups is 1. The van der Waals surface area contributed by atoms with Gasteiger partial charge in [-0.25, -0.2) is 18.4 Å². The van der Waals surface area contributed by atoms with Crippen molar-refractivity contribution in [1.29, 1.82) is 0 Å². The third-order valence-corrected chi connectivity index (χ3v) is 11.1. The zero-order valence-corrected chi connectivity index (χ0v) is 30.1. The highest BCUT2D eigenvalue weighted by Crippen LogP contribution is 2.42. The fourth-order valence-electron chi connectivity index (χ4n) is 4.96. The number of carbonyl (C=O) groups is 2. The summed E-state index contributed by atoms with van der Waals surface area (Å²) in [7, 11) is -3.96. The number of thioether (sulfide) groups is 1. The average Bonchev–Trinajstić information content (AvgIpc) is 3.31. The summed E-state index contributed by atoms with van der Waals surface area (Å²) in [6.07, 6.45) is 1.39. The van der Waals surface area contributed by atoms with Crippen molar-refractivity contribution in [3.63, 3.8) is 0 Å². The molecule has 1 unspecified atom stereocenters. The molecule has 14 heteroatoms. The summed E-state index contributed by atoms with van der Waals surface area (Å²) in [5.41, 5.74) is 5.60. The molecule has 4 aromatic carbocycles. The first kappa shape index (κ1) is 35.6. The van der Waals surface area contributed by atoms with E-state index in [4.69, 9.17) is 39.8 Å². The maximum Gasteiger partial charge on any atom is 0.267 e. The molecule has 0 saturated carbocycles. The van der Waals surface area contributed by atoms with E-state index in [-0.39, 0.29) is 38.9 Å². The topological polar surface area (TPSA) is 111 Å². The van der Waals surface area contributed by atoms with Crippen LogP contribution in [-0.2, 0) is 19.6 Å². The number of halogens is 3. The molecule has 0 bridgehead atoms. The van der Waals surface area contributed by atoms with E-state index >= 15 is 0 Å². The Hall–Kier alpha value is -3.74. The van der Waals surface area contributed by atoms with Crippen molar-refractivity contribution in [2.24, 2.45) is 4.99 Å². The van der Waals surface area contributed by atoms with Crippen molar-refractivity contribution in [3.8, 4) is 0 Å². The molecule has 0 radical (unpaired) electrons. The van der Waals surface area contributed by atoms with E-state index in [1.807, 2.05) is 13.8 Å². The fraction of sp³-hybridized carbons (Fsp3) is 0.206. The maximum atomic E-state index is 14.2. The van der Waals surface area contributed by atoms with Crippen LogP contribution in [0.15, 0.2) is 99.7 Å². The van der Waals surface area contributed by atoms with Crippen molar-refractivity contribution in [2.45, 2.75) is 48.7 Å². The standard InChI is InChI=1S/C34H32Cl3N5O4S2/c1-4-5-17-41(48(45,46)26-15-13-21(2)14-16-26)29-11-6-7-12-30(29)47-32-33(39-25-10-8-9-24(20-25)38-22(3)43)40-42(34(32)44)31-27(36)18-23(35)19-28(31)37/h6-16,18-20,32H,4-5,17H2,1-3H3,(H,38,43)(H,39,40). The summed E-state index contributed by atoms with van der Waals surface area (Å²) in [6, 6.07) is 23.6. The molecule has 250 valence electrons. The number of amidine groups is 1. The predicted octanol–water partition coefficient (Wildman–Crippen LogP) is 8.65. The Morgan fingerprint density at radius 2 is 1.69 bits per heavy atom. The molecule has 1 aliphatic rings. The smallest absolute Gasteiger partial charge is 0.267 e. The minimum absolute atomic E-state index is 0.140. The molecule has 1 heterocycles. The van der Waals surface area contributed by atoms with Gasteiger partial charge >= 0.3 is 0 Å². The van der Waals surface area contributed by atoms with Gasteiger partial charge in [-0.1, -0.05) is 84.0 Å². The molecule has 2 amide bonds. The van der Waals surface area contributed by atoms with Crippen LogP contribution < -0.4 is 20.1 Å². The Bertz CT molecular complexity index is 1970. The number of para-hydroxylation sites is 1. The van der Waals surface area contributed by atoms with E-state index in [1.54, 1.807) is 72.8 Å². The molecule has 0 spiro atoms. The van der Waals surface area contributed by atoms with Crippen LogP contribution >= 0.6 is 46.6 Å². The Balaban J connectivity index is 1.60. The molecular weight excluding hydrogens is 713 g/mol. The van der Waals surface area contributed by atoms with Crippen LogP contribution in [0.25, 0.3) is 0 Å². The molecule has 9 nitrogen and oxygen atoms in total. The molecule has 0 aromatic heterocycles. The average molecular weight is 745 g/mol. The fourth-order valence-corrected chi connectivity index (χ4v) is 8.66. The highest BCUT2D eigenvalue weighted by molar-refractivity contribution is 8.01. The number of rotatable bonds is 11.